The topological polar surface area (TPSA) is 20.3 Å². The van der Waals surface area contributed by atoms with Crippen LogP contribution in [0.4, 0.5) is 0 Å². The zero-order chi connectivity index (χ0) is 13.4. The Morgan fingerprint density at radius 1 is 1.22 bits per heavy atom. The summed E-state index contributed by atoms with van der Waals surface area (Å²) < 4.78 is 0. The van der Waals surface area contributed by atoms with Gasteiger partial charge in [0.15, 0.2) is 0 Å². The summed E-state index contributed by atoms with van der Waals surface area (Å²) in [6.45, 7) is 3.15. The van der Waals surface area contributed by atoms with Gasteiger partial charge in [-0.15, -0.1) is 0 Å². The maximum atomic E-state index is 12.2. The van der Waals surface area contributed by atoms with Gasteiger partial charge in [-0.25, -0.2) is 0 Å². The molecule has 0 aliphatic heterocycles. The first-order valence-electron chi connectivity index (χ1n) is 7.50. The third-order valence-corrected chi connectivity index (χ3v) is 4.73. The molecule has 0 aromatic carbocycles. The highest BCUT2D eigenvalue weighted by Crippen LogP contribution is 2.32. The van der Waals surface area contributed by atoms with Gasteiger partial charge in [0.05, 0.1) is 0 Å². The Morgan fingerprint density at radius 3 is 2.44 bits per heavy atom. The minimum Gasteiger partial charge on any atom is -0.345 e. The van der Waals surface area contributed by atoms with Crippen molar-refractivity contribution in [1.82, 2.24) is 4.90 Å². The molecule has 1 saturated carbocycles. The van der Waals surface area contributed by atoms with E-state index in [1.54, 1.807) is 0 Å². The van der Waals surface area contributed by atoms with Crippen molar-refractivity contribution < 1.29 is 4.79 Å². The summed E-state index contributed by atoms with van der Waals surface area (Å²) in [5.74, 6) is 1.58. The summed E-state index contributed by atoms with van der Waals surface area (Å²) in [5.41, 5.74) is 0. The molecule has 0 atom stereocenters. The molecular formula is C15H28BrNO. The van der Waals surface area contributed by atoms with E-state index in [1.165, 1.54) is 32.1 Å². The Hall–Kier alpha value is -0.0500. The van der Waals surface area contributed by atoms with Crippen molar-refractivity contribution >= 4 is 21.8 Å². The molecule has 0 N–H and O–H groups in total. The molecule has 1 amide bonds. The van der Waals surface area contributed by atoms with Crippen LogP contribution in [-0.4, -0.2) is 29.7 Å². The van der Waals surface area contributed by atoms with Gasteiger partial charge in [0.1, 0.15) is 0 Å². The Morgan fingerprint density at radius 2 is 1.89 bits per heavy atom. The van der Waals surface area contributed by atoms with Gasteiger partial charge in [-0.05, 0) is 38.0 Å². The first kappa shape index (κ1) is 16.0. The van der Waals surface area contributed by atoms with Crippen LogP contribution in [0.2, 0.25) is 0 Å². The monoisotopic (exact) mass is 317 g/mol. The zero-order valence-electron chi connectivity index (χ0n) is 12.0. The highest BCUT2D eigenvalue weighted by Gasteiger charge is 2.27. The van der Waals surface area contributed by atoms with Crippen LogP contribution in [0.3, 0.4) is 0 Å². The lowest BCUT2D eigenvalue weighted by Gasteiger charge is -2.30. The number of hydrogen-bond acceptors (Lipinski definition) is 1. The van der Waals surface area contributed by atoms with E-state index in [9.17, 15) is 4.79 Å². The quantitative estimate of drug-likeness (QED) is 0.643. The third kappa shape index (κ3) is 5.29. The van der Waals surface area contributed by atoms with E-state index in [0.29, 0.717) is 11.8 Å². The summed E-state index contributed by atoms with van der Waals surface area (Å²) in [6, 6.07) is 0. The van der Waals surface area contributed by atoms with E-state index >= 15 is 0 Å². The second kappa shape index (κ2) is 8.95. The van der Waals surface area contributed by atoms with Crippen LogP contribution in [0.25, 0.3) is 0 Å². The molecule has 0 bridgehead atoms. The number of hydrogen-bond donors (Lipinski definition) is 0. The Labute approximate surface area is 121 Å². The number of carbonyl (C=O) groups is 1. The standard InChI is InChI=1S/C15H28BrNO/c1-3-4-6-13-7-9-14(10-8-13)15(18)17(2)12-5-11-16/h13-14H,3-12H2,1-2H3. The third-order valence-electron chi connectivity index (χ3n) is 4.17. The lowest BCUT2D eigenvalue weighted by atomic mass is 9.79. The van der Waals surface area contributed by atoms with Crippen molar-refractivity contribution in [3.63, 3.8) is 0 Å². The van der Waals surface area contributed by atoms with Gasteiger partial charge >= 0.3 is 0 Å². The number of unbranched alkanes of at least 4 members (excludes halogenated alkanes) is 1. The minimum absolute atomic E-state index is 0.309. The van der Waals surface area contributed by atoms with Crippen LogP contribution in [0, 0.1) is 11.8 Å². The maximum absolute atomic E-state index is 12.2. The second-order valence-electron chi connectivity index (χ2n) is 5.66. The summed E-state index contributed by atoms with van der Waals surface area (Å²) in [6.07, 6.45) is 9.84. The SMILES string of the molecule is CCCCC1CCC(C(=O)N(C)CCCBr)CC1. The van der Waals surface area contributed by atoms with Crippen molar-refractivity contribution in [2.75, 3.05) is 18.9 Å². The Balaban J connectivity index is 2.26. The van der Waals surface area contributed by atoms with E-state index in [2.05, 4.69) is 22.9 Å². The van der Waals surface area contributed by atoms with E-state index < -0.39 is 0 Å². The molecule has 3 heteroatoms. The predicted octanol–water partition coefficient (Wildman–Crippen LogP) is 4.23. The molecule has 106 valence electrons. The molecular weight excluding hydrogens is 290 g/mol. The molecule has 18 heavy (non-hydrogen) atoms. The Bertz CT molecular complexity index is 237. The van der Waals surface area contributed by atoms with Crippen LogP contribution in [-0.2, 0) is 4.79 Å². The predicted molar refractivity (Wildman–Crippen MR) is 81.0 cm³/mol. The van der Waals surface area contributed by atoms with Crippen LogP contribution < -0.4 is 0 Å². The van der Waals surface area contributed by atoms with Crippen molar-refractivity contribution in [2.24, 2.45) is 11.8 Å². The lowest BCUT2D eigenvalue weighted by Crippen LogP contribution is -2.35. The molecule has 0 saturated heterocycles. The molecule has 0 aromatic heterocycles. The minimum atomic E-state index is 0.309. The van der Waals surface area contributed by atoms with Gasteiger partial charge in [-0.2, -0.15) is 0 Å². The van der Waals surface area contributed by atoms with Gasteiger partial charge in [-0.3, -0.25) is 4.79 Å². The largest absolute Gasteiger partial charge is 0.345 e. The van der Waals surface area contributed by atoms with Crippen molar-refractivity contribution in [3.8, 4) is 0 Å². The number of amides is 1. The molecule has 1 rings (SSSR count). The van der Waals surface area contributed by atoms with E-state index in [-0.39, 0.29) is 0 Å². The molecule has 1 aliphatic rings. The van der Waals surface area contributed by atoms with Crippen molar-refractivity contribution in [1.29, 1.82) is 0 Å². The molecule has 0 radical (unpaired) electrons. The number of rotatable bonds is 7. The maximum Gasteiger partial charge on any atom is 0.225 e. The average Bonchev–Trinajstić information content (AvgIpc) is 2.42. The molecule has 0 spiro atoms. The number of carbonyl (C=O) groups excluding carboxylic acids is 1. The van der Waals surface area contributed by atoms with E-state index in [1.807, 2.05) is 11.9 Å². The van der Waals surface area contributed by atoms with Gasteiger partial charge in [0.2, 0.25) is 5.91 Å². The van der Waals surface area contributed by atoms with Crippen LogP contribution in [0.15, 0.2) is 0 Å². The lowest BCUT2D eigenvalue weighted by molar-refractivity contribution is -0.135. The van der Waals surface area contributed by atoms with Gasteiger partial charge in [-0.1, -0.05) is 42.1 Å². The van der Waals surface area contributed by atoms with Gasteiger partial charge in [0.25, 0.3) is 0 Å². The summed E-state index contributed by atoms with van der Waals surface area (Å²) in [7, 11) is 1.95. The fourth-order valence-corrected chi connectivity index (χ4v) is 3.16. The fraction of sp³-hybridized carbons (Fsp3) is 0.933. The van der Waals surface area contributed by atoms with Crippen LogP contribution in [0.1, 0.15) is 58.3 Å². The van der Waals surface area contributed by atoms with Gasteiger partial charge < -0.3 is 4.90 Å². The zero-order valence-corrected chi connectivity index (χ0v) is 13.5. The molecule has 1 fully saturated rings. The van der Waals surface area contributed by atoms with Crippen molar-refractivity contribution in [2.45, 2.75) is 58.3 Å². The highest BCUT2D eigenvalue weighted by atomic mass is 79.9. The molecule has 0 aromatic rings. The molecule has 0 unspecified atom stereocenters. The van der Waals surface area contributed by atoms with Crippen LogP contribution >= 0.6 is 15.9 Å². The highest BCUT2D eigenvalue weighted by molar-refractivity contribution is 9.09. The summed E-state index contributed by atoms with van der Waals surface area (Å²) in [4.78, 5) is 14.2. The number of nitrogens with zero attached hydrogens (tertiary/aromatic N) is 1. The van der Waals surface area contributed by atoms with E-state index in [4.69, 9.17) is 0 Å². The number of alkyl halides is 1. The van der Waals surface area contributed by atoms with E-state index in [0.717, 1.165) is 37.1 Å². The van der Waals surface area contributed by atoms with Gasteiger partial charge in [0, 0.05) is 24.8 Å². The second-order valence-corrected chi connectivity index (χ2v) is 6.46. The average molecular weight is 318 g/mol. The fourth-order valence-electron chi connectivity index (χ4n) is 2.91. The first-order chi connectivity index (χ1) is 8.69. The molecule has 1 aliphatic carbocycles. The summed E-state index contributed by atoms with van der Waals surface area (Å²) in [5, 5.41) is 0.981. The van der Waals surface area contributed by atoms with Crippen LogP contribution in [0.5, 0.6) is 0 Å². The normalized spacial score (nSPS) is 23.9. The molecule has 2 nitrogen and oxygen atoms in total. The Kier molecular flexibility index (Phi) is 7.96. The number of halogens is 1. The van der Waals surface area contributed by atoms with Crippen molar-refractivity contribution in [3.05, 3.63) is 0 Å². The smallest absolute Gasteiger partial charge is 0.225 e. The first-order valence-corrected chi connectivity index (χ1v) is 8.62. The summed E-state index contributed by atoms with van der Waals surface area (Å²) >= 11 is 3.42. The molecule has 0 heterocycles.